The largest absolute Gasteiger partial charge is 0.366 e. The standard InChI is InChI=1S/C22H20F2N4O2/c23-16-12-17(24)18(11-15(16)21(25)29)26-22(30)20-14-9-5-2-6-10-19(14)28(27-20)13-7-3-1-4-8-13/h1,3-4,7-8,11-12H,2,5-6,9-10H2,(H2,25,29)(H,26,30). The minimum Gasteiger partial charge on any atom is -0.366 e. The Morgan fingerprint density at radius 1 is 1.00 bits per heavy atom. The molecule has 1 heterocycles. The number of primary amides is 1. The van der Waals surface area contributed by atoms with Gasteiger partial charge in [0.2, 0.25) is 0 Å². The number of nitrogens with zero attached hydrogens (tertiary/aromatic N) is 2. The van der Waals surface area contributed by atoms with Gasteiger partial charge in [-0.25, -0.2) is 13.5 Å². The van der Waals surface area contributed by atoms with E-state index < -0.39 is 29.0 Å². The summed E-state index contributed by atoms with van der Waals surface area (Å²) in [7, 11) is 0. The number of carbonyl (C=O) groups is 2. The molecule has 0 fully saturated rings. The molecule has 6 nitrogen and oxygen atoms in total. The lowest BCUT2D eigenvalue weighted by Gasteiger charge is -2.08. The molecule has 0 saturated carbocycles. The van der Waals surface area contributed by atoms with Gasteiger partial charge in [0, 0.05) is 17.3 Å². The summed E-state index contributed by atoms with van der Waals surface area (Å²) in [4.78, 5) is 24.4. The van der Waals surface area contributed by atoms with E-state index in [1.54, 1.807) is 4.68 Å². The summed E-state index contributed by atoms with van der Waals surface area (Å²) in [5, 5.41) is 6.94. The zero-order chi connectivity index (χ0) is 21.3. The number of anilines is 1. The molecular weight excluding hydrogens is 390 g/mol. The van der Waals surface area contributed by atoms with Crippen LogP contribution in [-0.4, -0.2) is 21.6 Å². The third-order valence-electron chi connectivity index (χ3n) is 5.22. The van der Waals surface area contributed by atoms with Crippen molar-refractivity contribution in [2.24, 2.45) is 5.73 Å². The van der Waals surface area contributed by atoms with Crippen LogP contribution in [0.5, 0.6) is 0 Å². The van der Waals surface area contributed by atoms with Crippen molar-refractivity contribution >= 4 is 17.5 Å². The third-order valence-corrected chi connectivity index (χ3v) is 5.22. The molecule has 0 aliphatic heterocycles. The van der Waals surface area contributed by atoms with Gasteiger partial charge in [-0.2, -0.15) is 5.10 Å². The number of nitrogens with two attached hydrogens (primary N) is 1. The summed E-state index contributed by atoms with van der Waals surface area (Å²) >= 11 is 0. The van der Waals surface area contributed by atoms with Crippen LogP contribution in [0.4, 0.5) is 14.5 Å². The van der Waals surface area contributed by atoms with Crippen LogP contribution in [-0.2, 0) is 12.8 Å². The number of hydrogen-bond acceptors (Lipinski definition) is 3. The summed E-state index contributed by atoms with van der Waals surface area (Å²) in [6.07, 6.45) is 4.41. The van der Waals surface area contributed by atoms with Crippen LogP contribution in [0, 0.1) is 11.6 Å². The van der Waals surface area contributed by atoms with Gasteiger partial charge in [-0.15, -0.1) is 0 Å². The zero-order valence-corrected chi connectivity index (χ0v) is 16.1. The molecule has 1 aliphatic carbocycles. The lowest BCUT2D eigenvalue weighted by Crippen LogP contribution is -2.18. The van der Waals surface area contributed by atoms with Gasteiger partial charge in [-0.1, -0.05) is 24.6 Å². The summed E-state index contributed by atoms with van der Waals surface area (Å²) in [6, 6.07) is 10.9. The number of fused-ring (bicyclic) bond motifs is 1. The van der Waals surface area contributed by atoms with Gasteiger partial charge in [0.15, 0.2) is 5.69 Å². The Morgan fingerprint density at radius 3 is 2.47 bits per heavy atom. The second kappa shape index (κ2) is 8.06. The Kier molecular flexibility index (Phi) is 5.31. The van der Waals surface area contributed by atoms with Crippen LogP contribution in [0.2, 0.25) is 0 Å². The number of carbonyl (C=O) groups excluding carboxylic acids is 2. The molecule has 3 N–H and O–H groups in total. The molecule has 0 atom stereocenters. The van der Waals surface area contributed by atoms with Crippen molar-refractivity contribution in [2.75, 3.05) is 5.32 Å². The molecule has 0 radical (unpaired) electrons. The van der Waals surface area contributed by atoms with Crippen molar-refractivity contribution in [3.05, 3.63) is 76.6 Å². The molecule has 2 amide bonds. The summed E-state index contributed by atoms with van der Waals surface area (Å²) in [6.45, 7) is 0. The van der Waals surface area contributed by atoms with Crippen LogP contribution < -0.4 is 11.1 Å². The fourth-order valence-corrected chi connectivity index (χ4v) is 3.76. The lowest BCUT2D eigenvalue weighted by molar-refractivity contribution is 0.0991. The molecule has 3 aromatic rings. The molecule has 1 aliphatic rings. The maximum atomic E-state index is 14.2. The Bertz CT molecular complexity index is 1130. The van der Waals surface area contributed by atoms with E-state index in [4.69, 9.17) is 5.73 Å². The van der Waals surface area contributed by atoms with Crippen molar-refractivity contribution in [2.45, 2.75) is 32.1 Å². The fourth-order valence-electron chi connectivity index (χ4n) is 3.76. The van der Waals surface area contributed by atoms with Crippen LogP contribution in [0.3, 0.4) is 0 Å². The molecule has 0 bridgehead atoms. The highest BCUT2D eigenvalue weighted by Crippen LogP contribution is 2.27. The van der Waals surface area contributed by atoms with Gasteiger partial charge in [-0.05, 0) is 43.9 Å². The summed E-state index contributed by atoms with van der Waals surface area (Å²) < 4.78 is 29.7. The number of benzene rings is 2. The third kappa shape index (κ3) is 3.68. The van der Waals surface area contributed by atoms with Crippen LogP contribution in [0.25, 0.3) is 5.69 Å². The van der Waals surface area contributed by atoms with Crippen LogP contribution in [0.1, 0.15) is 51.4 Å². The predicted molar refractivity (Wildman–Crippen MR) is 108 cm³/mol. The zero-order valence-electron chi connectivity index (χ0n) is 16.1. The van der Waals surface area contributed by atoms with Gasteiger partial charge >= 0.3 is 0 Å². The van der Waals surface area contributed by atoms with E-state index in [0.717, 1.165) is 48.7 Å². The Balaban J connectivity index is 1.74. The molecule has 1 aromatic heterocycles. The van der Waals surface area contributed by atoms with E-state index in [1.165, 1.54) is 0 Å². The number of nitrogens with one attached hydrogen (secondary N) is 1. The first-order valence-electron chi connectivity index (χ1n) is 9.72. The molecule has 154 valence electrons. The second-order valence-electron chi connectivity index (χ2n) is 7.21. The first-order valence-corrected chi connectivity index (χ1v) is 9.72. The van der Waals surface area contributed by atoms with Gasteiger partial charge in [0.1, 0.15) is 11.6 Å². The second-order valence-corrected chi connectivity index (χ2v) is 7.21. The predicted octanol–water partition coefficient (Wildman–Crippen LogP) is 3.77. The van der Waals surface area contributed by atoms with Crippen molar-refractivity contribution in [1.82, 2.24) is 9.78 Å². The van der Waals surface area contributed by atoms with E-state index in [-0.39, 0.29) is 11.4 Å². The molecular formula is C22H20F2N4O2. The molecule has 4 rings (SSSR count). The monoisotopic (exact) mass is 410 g/mol. The fraction of sp³-hybridized carbons (Fsp3) is 0.227. The van der Waals surface area contributed by atoms with Gasteiger partial charge in [-0.3, -0.25) is 9.59 Å². The number of rotatable bonds is 4. The van der Waals surface area contributed by atoms with Gasteiger partial charge in [0.25, 0.3) is 11.8 Å². The van der Waals surface area contributed by atoms with E-state index >= 15 is 0 Å². The SMILES string of the molecule is NC(=O)c1cc(NC(=O)c2nn(-c3ccccc3)c3c2CCCCC3)c(F)cc1F. The molecule has 0 unspecified atom stereocenters. The quantitative estimate of drug-likeness (QED) is 0.642. The molecule has 30 heavy (non-hydrogen) atoms. The van der Waals surface area contributed by atoms with E-state index in [1.807, 2.05) is 30.3 Å². The first kappa shape index (κ1) is 19.8. The molecule has 8 heteroatoms. The number of amides is 2. The van der Waals surface area contributed by atoms with E-state index in [0.29, 0.717) is 12.5 Å². The first-order chi connectivity index (χ1) is 14.5. The lowest BCUT2D eigenvalue weighted by atomic mass is 10.1. The summed E-state index contributed by atoms with van der Waals surface area (Å²) in [5.41, 5.74) is 7.11. The van der Waals surface area contributed by atoms with Crippen LogP contribution >= 0.6 is 0 Å². The average molecular weight is 410 g/mol. The molecule has 2 aromatic carbocycles. The highest BCUT2D eigenvalue weighted by Gasteiger charge is 2.26. The topological polar surface area (TPSA) is 90.0 Å². The Morgan fingerprint density at radius 2 is 1.73 bits per heavy atom. The van der Waals surface area contributed by atoms with Crippen molar-refractivity contribution in [1.29, 1.82) is 0 Å². The van der Waals surface area contributed by atoms with Gasteiger partial charge in [0.05, 0.1) is 16.9 Å². The summed E-state index contributed by atoms with van der Waals surface area (Å²) in [5.74, 6) is -3.76. The average Bonchev–Trinajstić information content (AvgIpc) is 2.91. The van der Waals surface area contributed by atoms with Gasteiger partial charge < -0.3 is 11.1 Å². The maximum Gasteiger partial charge on any atom is 0.276 e. The molecule has 0 saturated heterocycles. The smallest absolute Gasteiger partial charge is 0.276 e. The number of hydrogen-bond donors (Lipinski definition) is 2. The normalized spacial score (nSPS) is 13.4. The van der Waals surface area contributed by atoms with Crippen molar-refractivity contribution < 1.29 is 18.4 Å². The van der Waals surface area contributed by atoms with E-state index in [2.05, 4.69) is 10.4 Å². The highest BCUT2D eigenvalue weighted by atomic mass is 19.1. The minimum atomic E-state index is -1.08. The maximum absolute atomic E-state index is 14.2. The number of para-hydroxylation sites is 1. The van der Waals surface area contributed by atoms with Crippen molar-refractivity contribution in [3.8, 4) is 5.69 Å². The Labute approximate surface area is 171 Å². The Hall–Kier alpha value is -3.55. The van der Waals surface area contributed by atoms with Crippen LogP contribution in [0.15, 0.2) is 42.5 Å². The number of aromatic nitrogens is 2. The van der Waals surface area contributed by atoms with Crippen molar-refractivity contribution in [3.63, 3.8) is 0 Å². The number of halogens is 2. The molecule has 0 spiro atoms. The van der Waals surface area contributed by atoms with E-state index in [9.17, 15) is 18.4 Å². The highest BCUT2D eigenvalue weighted by molar-refractivity contribution is 6.05. The minimum absolute atomic E-state index is 0.195.